The van der Waals surface area contributed by atoms with Crippen LogP contribution >= 0.6 is 11.6 Å². The summed E-state index contributed by atoms with van der Waals surface area (Å²) in [4.78, 5) is 17.1. The summed E-state index contributed by atoms with van der Waals surface area (Å²) in [6.07, 6.45) is 0. The van der Waals surface area contributed by atoms with E-state index in [0.717, 1.165) is 31.9 Å². The molecule has 26 heavy (non-hydrogen) atoms. The lowest BCUT2D eigenvalue weighted by Gasteiger charge is -2.23. The summed E-state index contributed by atoms with van der Waals surface area (Å²) < 4.78 is 0. The van der Waals surface area contributed by atoms with Crippen LogP contribution < -0.4 is 10.2 Å². The molecular formula is C21H28ClN3O. The van der Waals surface area contributed by atoms with Gasteiger partial charge in [-0.3, -0.25) is 4.79 Å². The van der Waals surface area contributed by atoms with Gasteiger partial charge in [0.1, 0.15) is 0 Å². The number of halogens is 1. The Kier molecular flexibility index (Phi) is 7.95. The molecule has 0 fully saturated rings. The maximum absolute atomic E-state index is 12.7. The maximum Gasteiger partial charge on any atom is 0.253 e. The van der Waals surface area contributed by atoms with Gasteiger partial charge >= 0.3 is 0 Å². The molecule has 0 spiro atoms. The van der Waals surface area contributed by atoms with Crippen molar-refractivity contribution < 1.29 is 4.79 Å². The zero-order valence-electron chi connectivity index (χ0n) is 15.8. The lowest BCUT2D eigenvalue weighted by Crippen LogP contribution is -2.35. The number of anilines is 1. The molecule has 0 radical (unpaired) electrons. The Balaban J connectivity index is 2.09. The van der Waals surface area contributed by atoms with Crippen molar-refractivity contribution in [3.8, 4) is 0 Å². The summed E-state index contributed by atoms with van der Waals surface area (Å²) in [5.41, 5.74) is 2.67. The smallest absolute Gasteiger partial charge is 0.253 e. The fourth-order valence-electron chi connectivity index (χ4n) is 2.93. The van der Waals surface area contributed by atoms with E-state index in [9.17, 15) is 4.79 Å². The van der Waals surface area contributed by atoms with E-state index in [1.807, 2.05) is 37.4 Å². The molecule has 0 unspecified atom stereocenters. The van der Waals surface area contributed by atoms with E-state index in [1.54, 1.807) is 6.07 Å². The van der Waals surface area contributed by atoms with Gasteiger partial charge in [-0.2, -0.15) is 0 Å². The van der Waals surface area contributed by atoms with Crippen molar-refractivity contribution in [2.75, 3.05) is 38.1 Å². The van der Waals surface area contributed by atoms with Crippen LogP contribution in [0.15, 0.2) is 48.5 Å². The standard InChI is InChI=1S/C21H28ClN3O/c1-4-25(5-2)14-13-23-21(26)19-15-18(22)11-12-20(19)24(3)16-17-9-7-6-8-10-17/h6-12,15H,4-5,13-14,16H2,1-3H3,(H,23,26). The highest BCUT2D eigenvalue weighted by molar-refractivity contribution is 6.31. The minimum absolute atomic E-state index is 0.0884. The topological polar surface area (TPSA) is 35.6 Å². The van der Waals surface area contributed by atoms with Gasteiger partial charge < -0.3 is 15.1 Å². The predicted molar refractivity (Wildman–Crippen MR) is 110 cm³/mol. The van der Waals surface area contributed by atoms with Gasteiger partial charge in [0.05, 0.1) is 5.56 Å². The summed E-state index contributed by atoms with van der Waals surface area (Å²) in [6.45, 7) is 8.40. The lowest BCUT2D eigenvalue weighted by atomic mass is 10.1. The second-order valence-corrected chi connectivity index (χ2v) is 6.72. The molecule has 0 atom stereocenters. The maximum atomic E-state index is 12.7. The van der Waals surface area contributed by atoms with E-state index in [-0.39, 0.29) is 5.91 Å². The van der Waals surface area contributed by atoms with Crippen LogP contribution in [0.5, 0.6) is 0 Å². The van der Waals surface area contributed by atoms with Gasteiger partial charge in [-0.05, 0) is 36.9 Å². The molecule has 0 bridgehead atoms. The molecule has 4 nitrogen and oxygen atoms in total. The van der Waals surface area contributed by atoms with Crippen molar-refractivity contribution in [1.29, 1.82) is 0 Å². The molecule has 0 aromatic heterocycles. The van der Waals surface area contributed by atoms with Crippen LogP contribution in [0, 0.1) is 0 Å². The third-order valence-corrected chi connectivity index (χ3v) is 4.72. The van der Waals surface area contributed by atoms with E-state index < -0.39 is 0 Å². The first-order chi connectivity index (χ1) is 12.5. The highest BCUT2D eigenvalue weighted by Gasteiger charge is 2.15. The molecule has 2 rings (SSSR count). The first-order valence-electron chi connectivity index (χ1n) is 9.10. The van der Waals surface area contributed by atoms with Gasteiger partial charge in [0, 0.05) is 37.4 Å². The SMILES string of the molecule is CCN(CC)CCNC(=O)c1cc(Cl)ccc1N(C)Cc1ccccc1. The number of carbonyl (C=O) groups excluding carboxylic acids is 1. The van der Waals surface area contributed by atoms with Crippen molar-refractivity contribution in [3.63, 3.8) is 0 Å². The third kappa shape index (κ3) is 5.75. The molecule has 0 aliphatic carbocycles. The van der Waals surface area contributed by atoms with E-state index >= 15 is 0 Å². The van der Waals surface area contributed by atoms with Crippen LogP contribution in [-0.2, 0) is 6.54 Å². The van der Waals surface area contributed by atoms with E-state index in [2.05, 4.69) is 41.1 Å². The number of nitrogens with zero attached hydrogens (tertiary/aromatic N) is 2. The minimum Gasteiger partial charge on any atom is -0.370 e. The minimum atomic E-state index is -0.0884. The normalized spacial score (nSPS) is 10.8. The van der Waals surface area contributed by atoms with Crippen LogP contribution in [0.4, 0.5) is 5.69 Å². The van der Waals surface area contributed by atoms with E-state index in [0.29, 0.717) is 17.1 Å². The summed E-state index contributed by atoms with van der Waals surface area (Å²) >= 11 is 6.15. The Morgan fingerprint density at radius 1 is 1.08 bits per heavy atom. The zero-order chi connectivity index (χ0) is 18.9. The Morgan fingerprint density at radius 2 is 1.77 bits per heavy atom. The largest absolute Gasteiger partial charge is 0.370 e. The van der Waals surface area contributed by atoms with Crippen LogP contribution in [-0.4, -0.2) is 44.0 Å². The number of nitrogens with one attached hydrogen (secondary N) is 1. The molecule has 140 valence electrons. The summed E-state index contributed by atoms with van der Waals surface area (Å²) in [5.74, 6) is -0.0884. The monoisotopic (exact) mass is 373 g/mol. The van der Waals surface area contributed by atoms with Crippen LogP contribution in [0.2, 0.25) is 5.02 Å². The predicted octanol–water partition coefficient (Wildman–Crippen LogP) is 4.05. The number of amides is 1. The Hall–Kier alpha value is -2.04. The highest BCUT2D eigenvalue weighted by Crippen LogP contribution is 2.25. The van der Waals surface area contributed by atoms with Gasteiger partial charge in [0.2, 0.25) is 0 Å². The van der Waals surface area contributed by atoms with Crippen molar-refractivity contribution in [2.45, 2.75) is 20.4 Å². The van der Waals surface area contributed by atoms with Crippen LogP contribution in [0.25, 0.3) is 0 Å². The molecule has 0 heterocycles. The van der Waals surface area contributed by atoms with Crippen molar-refractivity contribution >= 4 is 23.2 Å². The number of carbonyl (C=O) groups is 1. The number of hydrogen-bond acceptors (Lipinski definition) is 3. The number of hydrogen-bond donors (Lipinski definition) is 1. The van der Waals surface area contributed by atoms with Gasteiger partial charge in [0.15, 0.2) is 0 Å². The highest BCUT2D eigenvalue weighted by atomic mass is 35.5. The number of likely N-dealkylation sites (N-methyl/N-ethyl adjacent to an activating group) is 1. The quantitative estimate of drug-likeness (QED) is 0.720. The summed E-state index contributed by atoms with van der Waals surface area (Å²) in [5, 5.41) is 3.58. The fourth-order valence-corrected chi connectivity index (χ4v) is 3.10. The molecular weight excluding hydrogens is 346 g/mol. The van der Waals surface area contributed by atoms with Crippen LogP contribution in [0.1, 0.15) is 29.8 Å². The molecule has 5 heteroatoms. The second kappa shape index (κ2) is 10.2. The van der Waals surface area contributed by atoms with Crippen molar-refractivity contribution in [2.24, 2.45) is 0 Å². The third-order valence-electron chi connectivity index (χ3n) is 4.49. The Bertz CT molecular complexity index is 702. The van der Waals surface area contributed by atoms with E-state index in [1.165, 1.54) is 5.56 Å². The number of benzene rings is 2. The first kappa shape index (κ1) is 20.3. The molecule has 0 aliphatic heterocycles. The molecule has 1 amide bonds. The van der Waals surface area contributed by atoms with E-state index in [4.69, 9.17) is 11.6 Å². The molecule has 0 saturated carbocycles. The van der Waals surface area contributed by atoms with Crippen molar-refractivity contribution in [3.05, 3.63) is 64.7 Å². The average Bonchev–Trinajstić information content (AvgIpc) is 2.65. The lowest BCUT2D eigenvalue weighted by molar-refractivity contribution is 0.0949. The molecule has 1 N–H and O–H groups in total. The Labute approximate surface area is 161 Å². The number of rotatable bonds is 9. The summed E-state index contributed by atoms with van der Waals surface area (Å²) in [6, 6.07) is 15.7. The average molecular weight is 374 g/mol. The van der Waals surface area contributed by atoms with Gasteiger partial charge in [-0.1, -0.05) is 55.8 Å². The fraction of sp³-hybridized carbons (Fsp3) is 0.381. The molecule has 0 saturated heterocycles. The van der Waals surface area contributed by atoms with Crippen molar-refractivity contribution in [1.82, 2.24) is 10.2 Å². The summed E-state index contributed by atoms with van der Waals surface area (Å²) in [7, 11) is 1.99. The van der Waals surface area contributed by atoms with Gasteiger partial charge in [0.25, 0.3) is 5.91 Å². The van der Waals surface area contributed by atoms with Gasteiger partial charge in [-0.15, -0.1) is 0 Å². The second-order valence-electron chi connectivity index (χ2n) is 6.29. The molecule has 0 aliphatic rings. The molecule has 2 aromatic carbocycles. The zero-order valence-corrected chi connectivity index (χ0v) is 16.6. The first-order valence-corrected chi connectivity index (χ1v) is 9.48. The van der Waals surface area contributed by atoms with Gasteiger partial charge in [-0.25, -0.2) is 0 Å². The molecule has 2 aromatic rings. The Morgan fingerprint density at radius 3 is 2.42 bits per heavy atom. The van der Waals surface area contributed by atoms with Crippen LogP contribution in [0.3, 0.4) is 0 Å².